The van der Waals surface area contributed by atoms with Crippen molar-refractivity contribution < 1.29 is 4.42 Å². The highest BCUT2D eigenvalue weighted by atomic mass is 16.3. The van der Waals surface area contributed by atoms with E-state index in [-0.39, 0.29) is 5.41 Å². The Kier molecular flexibility index (Phi) is 5.81. The van der Waals surface area contributed by atoms with Crippen molar-refractivity contribution in [3.63, 3.8) is 0 Å². The molecule has 6 aromatic carbocycles. The molecule has 0 N–H and O–H groups in total. The van der Waals surface area contributed by atoms with Crippen molar-refractivity contribution in [2.45, 2.75) is 19.3 Å². The third-order valence-corrected chi connectivity index (χ3v) is 9.35. The van der Waals surface area contributed by atoms with E-state index < -0.39 is 0 Å². The molecular formula is C42H29N3O. The molecule has 2 aromatic heterocycles. The predicted octanol–water partition coefficient (Wildman–Crippen LogP) is 10.7. The van der Waals surface area contributed by atoms with Crippen molar-refractivity contribution in [1.29, 1.82) is 0 Å². The van der Waals surface area contributed by atoms with E-state index >= 15 is 0 Å². The van der Waals surface area contributed by atoms with Gasteiger partial charge in [-0.15, -0.1) is 0 Å². The quantitative estimate of drug-likeness (QED) is 0.204. The van der Waals surface area contributed by atoms with Crippen molar-refractivity contribution in [3.8, 4) is 56.4 Å². The molecule has 1 aliphatic rings. The smallest absolute Gasteiger partial charge is 0.164 e. The summed E-state index contributed by atoms with van der Waals surface area (Å²) in [6.45, 7) is 4.58. The molecule has 0 saturated carbocycles. The number of fused-ring (bicyclic) bond motifs is 6. The standard InChI is InChI=1S/C42H29N3O/c1-42(2)35-23-30(21-22-31(35)33-24-34-32-15-9-10-16-37(32)46-38(34)25-36(33)42)41-44-39(28-13-7-4-8-14-28)43-40(45-41)29-19-17-27(18-20-29)26-11-5-3-6-12-26/h3-25H,1-2H3. The molecule has 0 fully saturated rings. The van der Waals surface area contributed by atoms with Gasteiger partial charge in [0.1, 0.15) is 11.2 Å². The maximum Gasteiger partial charge on any atom is 0.164 e. The van der Waals surface area contributed by atoms with Crippen LogP contribution in [-0.4, -0.2) is 15.0 Å². The molecule has 2 heterocycles. The number of benzene rings is 6. The van der Waals surface area contributed by atoms with Crippen LogP contribution in [-0.2, 0) is 5.41 Å². The van der Waals surface area contributed by atoms with Crippen LogP contribution in [0.25, 0.3) is 78.4 Å². The van der Waals surface area contributed by atoms with Crippen molar-refractivity contribution in [1.82, 2.24) is 15.0 Å². The van der Waals surface area contributed by atoms with Crippen LogP contribution < -0.4 is 0 Å². The van der Waals surface area contributed by atoms with E-state index in [1.807, 2.05) is 48.5 Å². The molecular weight excluding hydrogens is 562 g/mol. The minimum atomic E-state index is -0.223. The Morgan fingerprint density at radius 1 is 0.413 bits per heavy atom. The van der Waals surface area contributed by atoms with Gasteiger partial charge < -0.3 is 4.42 Å². The third kappa shape index (κ3) is 4.18. The van der Waals surface area contributed by atoms with E-state index in [0.29, 0.717) is 17.5 Å². The van der Waals surface area contributed by atoms with Gasteiger partial charge in [0.05, 0.1) is 0 Å². The number of rotatable bonds is 4. The predicted molar refractivity (Wildman–Crippen MR) is 186 cm³/mol. The molecule has 4 nitrogen and oxygen atoms in total. The molecule has 46 heavy (non-hydrogen) atoms. The number of para-hydroxylation sites is 1. The average Bonchev–Trinajstić information content (AvgIpc) is 3.59. The van der Waals surface area contributed by atoms with Crippen LogP contribution >= 0.6 is 0 Å². The third-order valence-electron chi connectivity index (χ3n) is 9.35. The van der Waals surface area contributed by atoms with Crippen LogP contribution in [0.1, 0.15) is 25.0 Å². The second-order valence-corrected chi connectivity index (χ2v) is 12.5. The van der Waals surface area contributed by atoms with Crippen LogP contribution in [0.2, 0.25) is 0 Å². The molecule has 9 rings (SSSR count). The zero-order valence-corrected chi connectivity index (χ0v) is 25.5. The topological polar surface area (TPSA) is 51.8 Å². The van der Waals surface area contributed by atoms with Gasteiger partial charge in [-0.3, -0.25) is 0 Å². The number of aromatic nitrogens is 3. The molecule has 0 spiro atoms. The van der Waals surface area contributed by atoms with Gasteiger partial charge in [-0.05, 0) is 57.6 Å². The number of hydrogen-bond acceptors (Lipinski definition) is 4. The highest BCUT2D eigenvalue weighted by molar-refractivity contribution is 6.07. The van der Waals surface area contributed by atoms with Gasteiger partial charge in [-0.1, -0.05) is 129 Å². The van der Waals surface area contributed by atoms with Gasteiger partial charge in [0.2, 0.25) is 0 Å². The van der Waals surface area contributed by atoms with Crippen LogP contribution in [0, 0.1) is 0 Å². The number of nitrogens with zero attached hydrogens (tertiary/aromatic N) is 3. The lowest BCUT2D eigenvalue weighted by molar-refractivity contribution is 0.647. The van der Waals surface area contributed by atoms with Crippen LogP contribution in [0.4, 0.5) is 0 Å². The normalized spacial score (nSPS) is 13.2. The largest absolute Gasteiger partial charge is 0.456 e. The number of furan rings is 1. The van der Waals surface area contributed by atoms with Gasteiger partial charge in [-0.2, -0.15) is 0 Å². The first-order valence-electron chi connectivity index (χ1n) is 15.6. The van der Waals surface area contributed by atoms with E-state index in [1.165, 1.54) is 27.8 Å². The first-order chi connectivity index (χ1) is 22.5. The van der Waals surface area contributed by atoms with E-state index in [1.54, 1.807) is 0 Å². The van der Waals surface area contributed by atoms with Gasteiger partial charge in [0, 0.05) is 32.9 Å². The Labute approximate surface area is 267 Å². The molecule has 0 radical (unpaired) electrons. The van der Waals surface area contributed by atoms with Crippen LogP contribution in [0.15, 0.2) is 144 Å². The Bertz CT molecular complexity index is 2430. The molecule has 0 atom stereocenters. The lowest BCUT2D eigenvalue weighted by Gasteiger charge is -2.22. The fourth-order valence-corrected chi connectivity index (χ4v) is 6.88. The van der Waals surface area contributed by atoms with Gasteiger partial charge in [-0.25, -0.2) is 15.0 Å². The maximum atomic E-state index is 6.28. The Morgan fingerprint density at radius 3 is 1.65 bits per heavy atom. The van der Waals surface area contributed by atoms with Crippen LogP contribution in [0.5, 0.6) is 0 Å². The summed E-state index contributed by atoms with van der Waals surface area (Å²) in [5.41, 5.74) is 11.9. The molecule has 0 aliphatic heterocycles. The molecule has 0 amide bonds. The zero-order chi connectivity index (χ0) is 30.8. The Morgan fingerprint density at radius 2 is 0.935 bits per heavy atom. The summed E-state index contributed by atoms with van der Waals surface area (Å²) < 4.78 is 6.28. The summed E-state index contributed by atoms with van der Waals surface area (Å²) in [6, 6.07) is 48.4. The highest BCUT2D eigenvalue weighted by Crippen LogP contribution is 2.51. The summed E-state index contributed by atoms with van der Waals surface area (Å²) >= 11 is 0. The van der Waals surface area contributed by atoms with E-state index in [4.69, 9.17) is 19.4 Å². The minimum Gasteiger partial charge on any atom is -0.456 e. The summed E-state index contributed by atoms with van der Waals surface area (Å²) in [5.74, 6) is 1.96. The molecule has 0 unspecified atom stereocenters. The minimum absolute atomic E-state index is 0.223. The molecule has 0 bridgehead atoms. The van der Waals surface area contributed by atoms with Gasteiger partial charge in [0.15, 0.2) is 17.5 Å². The fraction of sp³-hybridized carbons (Fsp3) is 0.0714. The monoisotopic (exact) mass is 591 g/mol. The first-order valence-corrected chi connectivity index (χ1v) is 15.6. The molecule has 1 aliphatic carbocycles. The summed E-state index contributed by atoms with van der Waals surface area (Å²) in [5, 5.41) is 2.29. The van der Waals surface area contributed by atoms with E-state index in [9.17, 15) is 0 Å². The molecule has 0 saturated heterocycles. The van der Waals surface area contributed by atoms with Gasteiger partial charge in [0.25, 0.3) is 0 Å². The number of hydrogen-bond donors (Lipinski definition) is 0. The Balaban J connectivity index is 1.17. The summed E-state index contributed by atoms with van der Waals surface area (Å²) in [6.07, 6.45) is 0. The molecule has 4 heteroatoms. The molecule has 8 aromatic rings. The summed E-state index contributed by atoms with van der Waals surface area (Å²) in [7, 11) is 0. The second kappa shape index (κ2) is 10.1. The summed E-state index contributed by atoms with van der Waals surface area (Å²) in [4.78, 5) is 15.0. The lowest BCUT2D eigenvalue weighted by atomic mass is 9.82. The van der Waals surface area contributed by atoms with Crippen LogP contribution in [0.3, 0.4) is 0 Å². The lowest BCUT2D eigenvalue weighted by Crippen LogP contribution is -2.15. The van der Waals surface area contributed by atoms with Crippen molar-refractivity contribution in [2.75, 3.05) is 0 Å². The van der Waals surface area contributed by atoms with E-state index in [0.717, 1.165) is 44.2 Å². The second-order valence-electron chi connectivity index (χ2n) is 12.5. The van der Waals surface area contributed by atoms with Crippen molar-refractivity contribution in [2.24, 2.45) is 0 Å². The van der Waals surface area contributed by atoms with Crippen molar-refractivity contribution >= 4 is 21.9 Å². The van der Waals surface area contributed by atoms with E-state index in [2.05, 4.69) is 105 Å². The fourth-order valence-electron chi connectivity index (χ4n) is 6.88. The van der Waals surface area contributed by atoms with Crippen molar-refractivity contribution in [3.05, 3.63) is 151 Å². The Hall–Kier alpha value is -5.87. The van der Waals surface area contributed by atoms with Gasteiger partial charge >= 0.3 is 0 Å². The highest BCUT2D eigenvalue weighted by Gasteiger charge is 2.36. The zero-order valence-electron chi connectivity index (χ0n) is 25.5. The average molecular weight is 592 g/mol. The maximum absolute atomic E-state index is 6.28. The first kappa shape index (κ1) is 26.5. The SMILES string of the molecule is CC1(C)c2cc(-c3nc(-c4ccccc4)nc(-c4ccc(-c5ccccc5)cc4)n3)ccc2-c2cc3c(cc21)oc1ccccc13. The molecule has 218 valence electrons.